The third-order valence-corrected chi connectivity index (χ3v) is 5.93. The molecule has 0 radical (unpaired) electrons. The van der Waals surface area contributed by atoms with Gasteiger partial charge in [0.2, 0.25) is 0 Å². The van der Waals surface area contributed by atoms with Crippen molar-refractivity contribution in [2.24, 2.45) is 0 Å². The van der Waals surface area contributed by atoms with E-state index in [9.17, 15) is 9.59 Å². The summed E-state index contributed by atoms with van der Waals surface area (Å²) in [4.78, 5) is 30.2. The maximum absolute atomic E-state index is 12.3. The molecule has 3 aromatic rings. The average molecular weight is 386 g/mol. The van der Waals surface area contributed by atoms with Crippen LogP contribution in [-0.2, 0) is 9.53 Å². The molecular formula is C19H18N2O3S2. The van der Waals surface area contributed by atoms with Crippen LogP contribution in [0.25, 0.3) is 10.6 Å². The summed E-state index contributed by atoms with van der Waals surface area (Å²) in [7, 11) is 0. The van der Waals surface area contributed by atoms with Crippen LogP contribution in [0.15, 0.2) is 47.8 Å². The molecule has 1 N–H and O–H groups in total. The van der Waals surface area contributed by atoms with Gasteiger partial charge in [-0.25, -0.2) is 9.78 Å². The number of aromatic nitrogens is 1. The number of benzene rings is 1. The van der Waals surface area contributed by atoms with Crippen molar-refractivity contribution >= 4 is 34.6 Å². The zero-order chi connectivity index (χ0) is 18.5. The van der Waals surface area contributed by atoms with Crippen molar-refractivity contribution in [3.8, 4) is 10.6 Å². The molecule has 0 spiro atoms. The van der Waals surface area contributed by atoms with Gasteiger partial charge in [0.05, 0.1) is 11.7 Å². The maximum Gasteiger partial charge on any atom is 0.350 e. The molecule has 26 heavy (non-hydrogen) atoms. The molecule has 1 atom stereocenters. The van der Waals surface area contributed by atoms with Gasteiger partial charge in [-0.15, -0.1) is 22.7 Å². The van der Waals surface area contributed by atoms with E-state index in [1.54, 1.807) is 18.3 Å². The summed E-state index contributed by atoms with van der Waals surface area (Å²) in [6, 6.07) is 13.4. The van der Waals surface area contributed by atoms with E-state index in [1.807, 2.05) is 54.8 Å². The van der Waals surface area contributed by atoms with Crippen LogP contribution in [-0.4, -0.2) is 23.5 Å². The quantitative estimate of drug-likeness (QED) is 0.644. The molecule has 0 aliphatic carbocycles. The van der Waals surface area contributed by atoms with Crippen molar-refractivity contribution in [1.29, 1.82) is 0 Å². The van der Waals surface area contributed by atoms with E-state index in [0.717, 1.165) is 15.4 Å². The van der Waals surface area contributed by atoms with E-state index >= 15 is 0 Å². The normalized spacial score (nSPS) is 11.8. The molecule has 0 saturated heterocycles. The number of rotatable bonds is 6. The van der Waals surface area contributed by atoms with Crippen molar-refractivity contribution < 1.29 is 14.3 Å². The fourth-order valence-corrected chi connectivity index (χ4v) is 4.08. The summed E-state index contributed by atoms with van der Waals surface area (Å²) in [6.07, 6.45) is 0. The minimum atomic E-state index is -0.527. The standard InChI is InChI=1S/C19H18N2O3S2/c1-12(15-9-6-10-25-15)20-16(22)11-24-19(23)17-13(2)21-18(26-17)14-7-4-3-5-8-14/h3-10,12H,11H2,1-2H3,(H,20,22)/t12-/m0/s1. The third kappa shape index (κ3) is 4.36. The predicted octanol–water partition coefficient (Wildman–Crippen LogP) is 4.21. The van der Waals surface area contributed by atoms with Crippen LogP contribution in [0.1, 0.15) is 33.2 Å². The summed E-state index contributed by atoms with van der Waals surface area (Å²) in [5.74, 6) is -0.856. The first-order valence-corrected chi connectivity index (χ1v) is 9.77. The number of thiophene rings is 1. The minimum absolute atomic E-state index is 0.115. The monoisotopic (exact) mass is 386 g/mol. The third-order valence-electron chi connectivity index (χ3n) is 3.68. The Bertz CT molecular complexity index is 889. The number of carbonyl (C=O) groups excluding carboxylic acids is 2. The molecule has 0 unspecified atom stereocenters. The molecule has 0 fully saturated rings. The van der Waals surface area contributed by atoms with E-state index in [-0.39, 0.29) is 18.6 Å². The van der Waals surface area contributed by atoms with E-state index < -0.39 is 5.97 Å². The average Bonchev–Trinajstić information content (AvgIpc) is 3.30. The highest BCUT2D eigenvalue weighted by molar-refractivity contribution is 7.17. The van der Waals surface area contributed by atoms with Crippen molar-refractivity contribution in [2.75, 3.05) is 6.61 Å². The number of carbonyl (C=O) groups is 2. The van der Waals surface area contributed by atoms with Gasteiger partial charge in [-0.1, -0.05) is 36.4 Å². The summed E-state index contributed by atoms with van der Waals surface area (Å²) in [5.41, 5.74) is 1.55. The van der Waals surface area contributed by atoms with Gasteiger partial charge in [0.25, 0.3) is 5.91 Å². The Morgan fingerprint density at radius 2 is 1.96 bits per heavy atom. The largest absolute Gasteiger partial charge is 0.451 e. The fourth-order valence-electron chi connectivity index (χ4n) is 2.38. The van der Waals surface area contributed by atoms with Gasteiger partial charge in [0.1, 0.15) is 9.88 Å². The highest BCUT2D eigenvalue weighted by Crippen LogP contribution is 2.28. The van der Waals surface area contributed by atoms with Crippen LogP contribution in [0.2, 0.25) is 0 Å². The number of hydrogen-bond acceptors (Lipinski definition) is 6. The lowest BCUT2D eigenvalue weighted by Gasteiger charge is -2.12. The van der Waals surface area contributed by atoms with Gasteiger partial charge < -0.3 is 10.1 Å². The number of nitrogens with one attached hydrogen (secondary N) is 1. The van der Waals surface area contributed by atoms with Crippen molar-refractivity contribution in [2.45, 2.75) is 19.9 Å². The number of hydrogen-bond donors (Lipinski definition) is 1. The van der Waals surface area contributed by atoms with Crippen LogP contribution in [0.4, 0.5) is 0 Å². The first kappa shape index (κ1) is 18.3. The van der Waals surface area contributed by atoms with Gasteiger partial charge in [-0.2, -0.15) is 0 Å². The minimum Gasteiger partial charge on any atom is -0.451 e. The second kappa shape index (κ2) is 8.25. The van der Waals surface area contributed by atoms with E-state index in [2.05, 4.69) is 10.3 Å². The van der Waals surface area contributed by atoms with E-state index in [1.165, 1.54) is 11.3 Å². The molecule has 0 aliphatic rings. The van der Waals surface area contributed by atoms with E-state index in [0.29, 0.717) is 10.6 Å². The number of ether oxygens (including phenoxy) is 1. The number of esters is 1. The lowest BCUT2D eigenvalue weighted by molar-refractivity contribution is -0.124. The molecule has 0 saturated carbocycles. The Hall–Kier alpha value is -2.51. The second-order valence-corrected chi connectivity index (χ2v) is 7.66. The molecular weight excluding hydrogens is 368 g/mol. The predicted molar refractivity (Wildman–Crippen MR) is 103 cm³/mol. The van der Waals surface area contributed by atoms with Gasteiger partial charge in [-0.3, -0.25) is 4.79 Å². The van der Waals surface area contributed by atoms with Crippen LogP contribution in [0.3, 0.4) is 0 Å². The molecule has 7 heteroatoms. The Labute approximate surface area is 159 Å². The molecule has 1 amide bonds. The van der Waals surface area contributed by atoms with E-state index in [4.69, 9.17) is 4.74 Å². The zero-order valence-corrected chi connectivity index (χ0v) is 16.0. The molecule has 1 aromatic carbocycles. The number of nitrogens with zero attached hydrogens (tertiary/aromatic N) is 1. The molecule has 134 valence electrons. The first-order chi connectivity index (χ1) is 12.5. The molecule has 0 aliphatic heterocycles. The topological polar surface area (TPSA) is 68.3 Å². The number of amides is 1. The van der Waals surface area contributed by atoms with Gasteiger partial charge >= 0.3 is 5.97 Å². The highest BCUT2D eigenvalue weighted by atomic mass is 32.1. The maximum atomic E-state index is 12.3. The number of aryl methyl sites for hydroxylation is 1. The highest BCUT2D eigenvalue weighted by Gasteiger charge is 2.19. The lowest BCUT2D eigenvalue weighted by atomic mass is 10.2. The summed E-state index contributed by atoms with van der Waals surface area (Å²) >= 11 is 2.84. The van der Waals surface area contributed by atoms with Crippen molar-refractivity contribution in [3.05, 3.63) is 63.3 Å². The Morgan fingerprint density at radius 3 is 2.65 bits per heavy atom. The van der Waals surface area contributed by atoms with Crippen molar-refractivity contribution in [1.82, 2.24) is 10.3 Å². The van der Waals surface area contributed by atoms with Crippen LogP contribution in [0, 0.1) is 6.92 Å². The lowest BCUT2D eigenvalue weighted by Crippen LogP contribution is -2.30. The molecule has 0 bridgehead atoms. The first-order valence-electron chi connectivity index (χ1n) is 8.07. The van der Waals surface area contributed by atoms with Crippen molar-refractivity contribution in [3.63, 3.8) is 0 Å². The molecule has 2 aromatic heterocycles. The summed E-state index contributed by atoms with van der Waals surface area (Å²) in [6.45, 7) is 3.34. The van der Waals surface area contributed by atoms with Crippen LogP contribution in [0.5, 0.6) is 0 Å². The Morgan fingerprint density at radius 1 is 1.19 bits per heavy atom. The number of thiazole rings is 1. The smallest absolute Gasteiger partial charge is 0.350 e. The summed E-state index contributed by atoms with van der Waals surface area (Å²) in [5, 5.41) is 5.53. The summed E-state index contributed by atoms with van der Waals surface area (Å²) < 4.78 is 5.16. The van der Waals surface area contributed by atoms with Crippen LogP contribution >= 0.6 is 22.7 Å². The fraction of sp³-hybridized carbons (Fsp3) is 0.211. The second-order valence-electron chi connectivity index (χ2n) is 5.68. The van der Waals surface area contributed by atoms with Gasteiger partial charge in [0.15, 0.2) is 6.61 Å². The zero-order valence-electron chi connectivity index (χ0n) is 14.4. The SMILES string of the molecule is Cc1nc(-c2ccccc2)sc1C(=O)OCC(=O)N[C@@H](C)c1cccs1. The molecule has 3 rings (SSSR count). The van der Waals surface area contributed by atoms with Gasteiger partial charge in [-0.05, 0) is 25.3 Å². The Balaban J connectivity index is 1.58. The van der Waals surface area contributed by atoms with Gasteiger partial charge in [0, 0.05) is 10.4 Å². The molecule has 5 nitrogen and oxygen atoms in total. The van der Waals surface area contributed by atoms with Crippen LogP contribution < -0.4 is 5.32 Å². The molecule has 2 heterocycles. The Kier molecular flexibility index (Phi) is 5.80.